The molecule has 0 heterocycles. The van der Waals surface area contributed by atoms with Gasteiger partial charge in [-0.15, -0.1) is 0 Å². The van der Waals surface area contributed by atoms with E-state index < -0.39 is 8.60 Å². The topological polar surface area (TPSA) is 27.7 Å². The van der Waals surface area contributed by atoms with Crippen LogP contribution in [0, 0.1) is 0 Å². The summed E-state index contributed by atoms with van der Waals surface area (Å²) in [4.78, 5) is 0. The van der Waals surface area contributed by atoms with Crippen molar-refractivity contribution in [3.05, 3.63) is 0 Å². The van der Waals surface area contributed by atoms with Gasteiger partial charge in [-0.1, -0.05) is 208 Å². The highest BCUT2D eigenvalue weighted by molar-refractivity contribution is 7.41. The lowest BCUT2D eigenvalue weighted by atomic mass is 10.1. The van der Waals surface area contributed by atoms with E-state index in [-0.39, 0.29) is 0 Å². The molecule has 0 atom stereocenters. The Morgan fingerprint density at radius 3 is 0.619 bits per heavy atom. The maximum atomic E-state index is 6.12. The quantitative estimate of drug-likeness (QED) is 0.0518. The molecule has 0 aromatic heterocycles. The maximum absolute atomic E-state index is 6.12. The van der Waals surface area contributed by atoms with Crippen molar-refractivity contribution in [2.75, 3.05) is 19.8 Å². The van der Waals surface area contributed by atoms with Gasteiger partial charge in [0.2, 0.25) is 0 Å². The molecule has 0 aliphatic rings. The Labute approximate surface area is 268 Å². The van der Waals surface area contributed by atoms with Crippen molar-refractivity contribution in [3.63, 3.8) is 0 Å². The zero-order chi connectivity index (χ0) is 31.0. The van der Waals surface area contributed by atoms with Gasteiger partial charge in [0.25, 0.3) is 0 Å². The lowest BCUT2D eigenvalue weighted by molar-refractivity contribution is 0.153. The van der Waals surface area contributed by atoms with Crippen LogP contribution in [-0.2, 0) is 13.6 Å². The lowest BCUT2D eigenvalue weighted by Crippen LogP contribution is -2.00. The van der Waals surface area contributed by atoms with Crippen molar-refractivity contribution in [1.29, 1.82) is 0 Å². The van der Waals surface area contributed by atoms with E-state index in [1.54, 1.807) is 0 Å². The van der Waals surface area contributed by atoms with E-state index >= 15 is 0 Å². The minimum absolute atomic E-state index is 0.790. The third-order valence-electron chi connectivity index (χ3n) is 8.08. The molecule has 0 spiro atoms. The van der Waals surface area contributed by atoms with Crippen LogP contribution in [0.5, 0.6) is 0 Å². The molecular weight excluding hydrogens is 535 g/mol. The minimum Gasteiger partial charge on any atom is -0.312 e. The Kier molecular flexibility index (Phi) is 46.0. The van der Waals surface area contributed by atoms with Gasteiger partial charge in [0.05, 0.1) is 19.8 Å². The van der Waals surface area contributed by atoms with Gasteiger partial charge in [-0.2, -0.15) is 0 Å². The van der Waals surface area contributed by atoms with Crippen LogP contribution in [0.15, 0.2) is 0 Å². The maximum Gasteiger partial charge on any atom is 0.332 e. The molecule has 0 radical (unpaired) electrons. The summed E-state index contributed by atoms with van der Waals surface area (Å²) in [5.41, 5.74) is 0. The Morgan fingerprint density at radius 1 is 0.262 bits per heavy atom. The molecule has 0 N–H and O–H groups in total. The van der Waals surface area contributed by atoms with Crippen LogP contribution >= 0.6 is 8.60 Å². The van der Waals surface area contributed by atoms with Crippen molar-refractivity contribution < 1.29 is 13.6 Å². The molecule has 0 bridgehead atoms. The van der Waals surface area contributed by atoms with Gasteiger partial charge in [0.1, 0.15) is 0 Å². The van der Waals surface area contributed by atoms with E-state index in [2.05, 4.69) is 20.8 Å². The molecule has 0 rings (SSSR count). The van der Waals surface area contributed by atoms with Crippen LogP contribution < -0.4 is 0 Å². The fourth-order valence-corrected chi connectivity index (χ4v) is 6.36. The average Bonchev–Trinajstić information content (AvgIpc) is 3.01. The summed E-state index contributed by atoms with van der Waals surface area (Å²) in [6.07, 6.45) is 40.6. The van der Waals surface area contributed by atoms with Gasteiger partial charge in [-0.25, -0.2) is 0 Å². The van der Waals surface area contributed by atoms with Crippen molar-refractivity contribution in [2.45, 2.75) is 227 Å². The molecule has 4 heteroatoms. The van der Waals surface area contributed by atoms with Crippen molar-refractivity contribution in [2.24, 2.45) is 0 Å². The number of rotatable bonds is 36. The second kappa shape index (κ2) is 43.4. The van der Waals surface area contributed by atoms with Crippen LogP contribution in [-0.4, -0.2) is 19.8 Å². The van der Waals surface area contributed by atoms with E-state index in [4.69, 9.17) is 13.6 Å². The van der Waals surface area contributed by atoms with Gasteiger partial charge in [0, 0.05) is 0 Å². The minimum atomic E-state index is -1.17. The van der Waals surface area contributed by atoms with Gasteiger partial charge in [-0.3, -0.25) is 0 Å². The molecule has 42 heavy (non-hydrogen) atoms. The third kappa shape index (κ3) is 40.3. The molecular formula is C38H81O3P. The van der Waals surface area contributed by atoms with Gasteiger partial charge >= 0.3 is 8.60 Å². The fraction of sp³-hybridized carbons (Fsp3) is 1.00. The van der Waals surface area contributed by atoms with Gasteiger partial charge in [-0.05, 0) is 19.3 Å². The highest BCUT2D eigenvalue weighted by atomic mass is 31.2. The number of unbranched alkanes of at least 4 members (excludes halogenated alkanes) is 27. The highest BCUT2D eigenvalue weighted by Gasteiger charge is 2.12. The summed E-state index contributed by atoms with van der Waals surface area (Å²) in [5, 5.41) is 0. The second-order valence-corrected chi connectivity index (χ2v) is 13.5. The van der Waals surface area contributed by atoms with Crippen LogP contribution in [0.3, 0.4) is 0 Å². The smallest absolute Gasteiger partial charge is 0.312 e. The number of hydrogen-bond donors (Lipinski definition) is 0. The summed E-state index contributed by atoms with van der Waals surface area (Å²) < 4.78 is 18.4. The molecule has 0 amide bonds. The van der Waals surface area contributed by atoms with E-state index in [0.29, 0.717) is 0 Å². The average molecular weight is 617 g/mol. The Bertz CT molecular complexity index is 373. The lowest BCUT2D eigenvalue weighted by Gasteiger charge is -2.17. The predicted octanol–water partition coefficient (Wildman–Crippen LogP) is 15.1. The Morgan fingerprint density at radius 2 is 0.429 bits per heavy atom. The molecule has 0 aliphatic heterocycles. The first kappa shape index (κ1) is 44.4. The molecule has 0 unspecified atom stereocenters. The summed E-state index contributed by atoms with van der Waals surface area (Å²) in [5.74, 6) is 0. The second-order valence-electron chi connectivity index (χ2n) is 12.3. The van der Waals surface area contributed by atoms with Crippen LogP contribution in [0.1, 0.15) is 227 Å². The largest absolute Gasteiger partial charge is 0.332 e. The SMILES string of the molecule is CC.CCCCCCCCCCCCOP(OCCCCCCCCCCCC)OCCCCCCCCCCCC. The monoisotopic (exact) mass is 617 g/mol. The molecule has 0 aromatic rings. The molecule has 0 fully saturated rings. The van der Waals surface area contributed by atoms with Crippen LogP contribution in [0.25, 0.3) is 0 Å². The van der Waals surface area contributed by atoms with Crippen LogP contribution in [0.2, 0.25) is 0 Å². The zero-order valence-electron chi connectivity index (χ0n) is 30.0. The van der Waals surface area contributed by atoms with E-state index in [1.165, 1.54) is 173 Å². The first-order valence-electron chi connectivity index (χ1n) is 19.5. The summed E-state index contributed by atoms with van der Waals surface area (Å²) >= 11 is 0. The first-order chi connectivity index (χ1) is 20.8. The molecule has 0 aromatic carbocycles. The zero-order valence-corrected chi connectivity index (χ0v) is 30.9. The summed E-state index contributed by atoms with van der Waals surface area (Å²) in [6, 6.07) is 0. The van der Waals surface area contributed by atoms with E-state index in [0.717, 1.165) is 39.1 Å². The third-order valence-corrected chi connectivity index (χ3v) is 9.26. The normalized spacial score (nSPS) is 11.3. The first-order valence-corrected chi connectivity index (χ1v) is 20.6. The number of hydrogen-bond acceptors (Lipinski definition) is 3. The van der Waals surface area contributed by atoms with Gasteiger partial charge in [0.15, 0.2) is 0 Å². The molecule has 0 aliphatic carbocycles. The van der Waals surface area contributed by atoms with E-state index in [9.17, 15) is 0 Å². The predicted molar refractivity (Wildman–Crippen MR) is 192 cm³/mol. The standard InChI is InChI=1S/C36H75O3P.C2H6/c1-4-7-10-13-16-19-22-25-28-31-34-37-40(38-35-32-29-26-23-20-17-14-11-8-5-2)39-36-33-30-27-24-21-18-15-12-9-6-3;1-2/h4-36H2,1-3H3;1-2H3. The van der Waals surface area contributed by atoms with Gasteiger partial charge < -0.3 is 13.6 Å². The summed E-state index contributed by atoms with van der Waals surface area (Å²) in [7, 11) is -1.17. The molecule has 0 saturated carbocycles. The van der Waals surface area contributed by atoms with Crippen molar-refractivity contribution in [3.8, 4) is 0 Å². The molecule has 3 nitrogen and oxygen atoms in total. The van der Waals surface area contributed by atoms with Crippen molar-refractivity contribution >= 4 is 8.60 Å². The van der Waals surface area contributed by atoms with E-state index in [1.807, 2.05) is 13.8 Å². The van der Waals surface area contributed by atoms with Crippen molar-refractivity contribution in [1.82, 2.24) is 0 Å². The summed E-state index contributed by atoms with van der Waals surface area (Å²) in [6.45, 7) is 13.2. The molecule has 0 saturated heterocycles. The highest BCUT2D eigenvalue weighted by Crippen LogP contribution is 2.40. The Hall–Kier alpha value is 0.310. The van der Waals surface area contributed by atoms with Crippen LogP contribution in [0.4, 0.5) is 0 Å². The molecule has 256 valence electrons. The Balaban J connectivity index is 0. The fourth-order valence-electron chi connectivity index (χ4n) is 5.30.